The number of carbonyl (C=O) groups is 1. The molecule has 0 aromatic heterocycles. The van der Waals surface area contributed by atoms with Crippen molar-refractivity contribution in [2.45, 2.75) is 18.9 Å². The third kappa shape index (κ3) is 2.70. The molecule has 1 aliphatic carbocycles. The van der Waals surface area contributed by atoms with Crippen molar-refractivity contribution in [3.63, 3.8) is 0 Å². The highest BCUT2D eigenvalue weighted by Gasteiger charge is 2.24. The summed E-state index contributed by atoms with van der Waals surface area (Å²) in [5, 5.41) is 2.64. The Labute approximate surface area is 102 Å². The Morgan fingerprint density at radius 3 is 2.65 bits per heavy atom. The van der Waals surface area contributed by atoms with Gasteiger partial charge in [0.2, 0.25) is 0 Å². The number of amides is 1. The van der Waals surface area contributed by atoms with Crippen LogP contribution in [0, 0.1) is 0 Å². The number of hydrogen-bond acceptors (Lipinski definition) is 3. The molecule has 0 radical (unpaired) electrons. The molecule has 0 saturated heterocycles. The summed E-state index contributed by atoms with van der Waals surface area (Å²) in [7, 11) is 5.47. The molecule has 1 N–H and O–H groups in total. The van der Waals surface area contributed by atoms with Gasteiger partial charge in [0, 0.05) is 27.2 Å². The summed E-state index contributed by atoms with van der Waals surface area (Å²) >= 11 is 0. The van der Waals surface area contributed by atoms with Crippen molar-refractivity contribution in [3.8, 4) is 5.75 Å². The van der Waals surface area contributed by atoms with E-state index in [4.69, 9.17) is 4.74 Å². The lowest BCUT2D eigenvalue weighted by molar-refractivity contribution is 0.0963. The molecule has 92 valence electrons. The van der Waals surface area contributed by atoms with Crippen LogP contribution >= 0.6 is 0 Å². The number of rotatable bonds is 4. The van der Waals surface area contributed by atoms with Gasteiger partial charge < -0.3 is 15.0 Å². The van der Waals surface area contributed by atoms with E-state index in [9.17, 15) is 4.79 Å². The molecule has 0 atom stereocenters. The van der Waals surface area contributed by atoms with Crippen molar-refractivity contribution in [2.24, 2.45) is 0 Å². The van der Waals surface area contributed by atoms with Gasteiger partial charge in [-0.3, -0.25) is 4.79 Å². The van der Waals surface area contributed by atoms with E-state index in [1.54, 1.807) is 7.05 Å². The second-order valence-electron chi connectivity index (χ2n) is 4.47. The number of benzene rings is 1. The first-order valence-corrected chi connectivity index (χ1v) is 5.82. The van der Waals surface area contributed by atoms with E-state index in [2.05, 4.69) is 5.32 Å². The predicted molar refractivity (Wildman–Crippen MR) is 67.8 cm³/mol. The van der Waals surface area contributed by atoms with Crippen LogP contribution in [0.2, 0.25) is 0 Å². The molecule has 1 saturated carbocycles. The van der Waals surface area contributed by atoms with Crippen LogP contribution in [0.15, 0.2) is 18.2 Å². The van der Waals surface area contributed by atoms with E-state index in [0.29, 0.717) is 11.7 Å². The number of anilines is 1. The van der Waals surface area contributed by atoms with Crippen molar-refractivity contribution in [2.75, 3.05) is 26.0 Å². The first-order chi connectivity index (χ1) is 8.11. The third-order valence-electron chi connectivity index (χ3n) is 2.75. The molecule has 17 heavy (non-hydrogen) atoms. The van der Waals surface area contributed by atoms with Gasteiger partial charge in [0.15, 0.2) is 0 Å². The van der Waals surface area contributed by atoms with Gasteiger partial charge in [-0.15, -0.1) is 0 Å². The number of hydrogen-bond donors (Lipinski definition) is 1. The highest BCUT2D eigenvalue weighted by Crippen LogP contribution is 2.30. The summed E-state index contributed by atoms with van der Waals surface area (Å²) in [6.07, 6.45) is 2.64. The predicted octanol–water partition coefficient (Wildman–Crippen LogP) is 1.65. The van der Waals surface area contributed by atoms with Gasteiger partial charge in [-0.05, 0) is 25.0 Å². The topological polar surface area (TPSA) is 41.6 Å². The summed E-state index contributed by atoms with van der Waals surface area (Å²) in [6.45, 7) is 0. The molecule has 4 heteroatoms. The minimum absolute atomic E-state index is 0.0772. The van der Waals surface area contributed by atoms with Gasteiger partial charge in [0.25, 0.3) is 5.91 Å². The fourth-order valence-corrected chi connectivity index (χ4v) is 1.66. The average Bonchev–Trinajstić information content (AvgIpc) is 3.12. The Balaban J connectivity index is 2.29. The molecule has 0 unspecified atom stereocenters. The van der Waals surface area contributed by atoms with Crippen molar-refractivity contribution in [3.05, 3.63) is 23.8 Å². The van der Waals surface area contributed by atoms with E-state index >= 15 is 0 Å². The fraction of sp³-hybridized carbons (Fsp3) is 0.462. The van der Waals surface area contributed by atoms with Crippen LogP contribution in [0.4, 0.5) is 5.69 Å². The third-order valence-corrected chi connectivity index (χ3v) is 2.75. The van der Waals surface area contributed by atoms with Crippen LogP contribution in [-0.2, 0) is 0 Å². The minimum Gasteiger partial charge on any atom is -0.490 e. The Bertz CT molecular complexity index is 425. The van der Waals surface area contributed by atoms with Crippen molar-refractivity contribution in [1.82, 2.24) is 5.32 Å². The molecule has 1 aliphatic rings. The molecular weight excluding hydrogens is 216 g/mol. The van der Waals surface area contributed by atoms with E-state index in [-0.39, 0.29) is 5.91 Å². The second-order valence-corrected chi connectivity index (χ2v) is 4.47. The molecule has 2 rings (SSSR count). The van der Waals surface area contributed by atoms with Crippen molar-refractivity contribution >= 4 is 11.6 Å². The highest BCUT2D eigenvalue weighted by molar-refractivity contribution is 5.99. The van der Waals surface area contributed by atoms with Gasteiger partial charge in [-0.2, -0.15) is 0 Å². The molecule has 1 amide bonds. The summed E-state index contributed by atoms with van der Waals surface area (Å²) in [4.78, 5) is 13.6. The highest BCUT2D eigenvalue weighted by atomic mass is 16.5. The molecule has 1 aromatic rings. The average molecular weight is 234 g/mol. The van der Waals surface area contributed by atoms with Gasteiger partial charge in [0.1, 0.15) is 5.75 Å². The van der Waals surface area contributed by atoms with E-state index < -0.39 is 0 Å². The largest absolute Gasteiger partial charge is 0.490 e. The number of nitrogens with zero attached hydrogens (tertiary/aromatic N) is 1. The van der Waals surface area contributed by atoms with Crippen LogP contribution < -0.4 is 15.0 Å². The maximum absolute atomic E-state index is 11.7. The lowest BCUT2D eigenvalue weighted by atomic mass is 10.1. The zero-order valence-corrected chi connectivity index (χ0v) is 10.5. The van der Waals surface area contributed by atoms with E-state index in [1.807, 2.05) is 37.2 Å². The van der Waals surface area contributed by atoms with Crippen LogP contribution in [-0.4, -0.2) is 33.2 Å². The molecule has 0 aliphatic heterocycles. The monoisotopic (exact) mass is 234 g/mol. The number of carbonyl (C=O) groups excluding carboxylic acids is 1. The Hall–Kier alpha value is -1.71. The lowest BCUT2D eigenvalue weighted by Crippen LogP contribution is -2.22. The SMILES string of the molecule is CNC(=O)c1ccc(OC2CC2)cc1N(C)C. The lowest BCUT2D eigenvalue weighted by Gasteiger charge is -2.18. The Morgan fingerprint density at radius 1 is 1.41 bits per heavy atom. The normalized spacial score (nSPS) is 14.3. The first kappa shape index (κ1) is 11.8. The molecule has 1 aromatic carbocycles. The quantitative estimate of drug-likeness (QED) is 0.861. The summed E-state index contributed by atoms with van der Waals surface area (Å²) in [5.41, 5.74) is 1.54. The number of ether oxygens (including phenoxy) is 1. The van der Waals surface area contributed by atoms with Crippen molar-refractivity contribution in [1.29, 1.82) is 0 Å². The first-order valence-electron chi connectivity index (χ1n) is 5.82. The van der Waals surface area contributed by atoms with Gasteiger partial charge in [-0.1, -0.05) is 0 Å². The van der Waals surface area contributed by atoms with Crippen LogP contribution in [0.1, 0.15) is 23.2 Å². The van der Waals surface area contributed by atoms with Gasteiger partial charge in [0.05, 0.1) is 17.4 Å². The summed E-state index contributed by atoms with van der Waals surface area (Å²) in [5.74, 6) is 0.760. The molecule has 4 nitrogen and oxygen atoms in total. The standard InChI is InChI=1S/C13H18N2O2/c1-14-13(16)11-7-6-10(17-9-4-5-9)8-12(11)15(2)3/h6-9H,4-5H2,1-3H3,(H,14,16). The van der Waals surface area contributed by atoms with Crippen LogP contribution in [0.25, 0.3) is 0 Å². The van der Waals surface area contributed by atoms with E-state index in [1.165, 1.54) is 0 Å². The van der Waals surface area contributed by atoms with Gasteiger partial charge in [-0.25, -0.2) is 0 Å². The van der Waals surface area contributed by atoms with Crippen molar-refractivity contribution < 1.29 is 9.53 Å². The minimum atomic E-state index is -0.0772. The summed E-state index contributed by atoms with van der Waals surface area (Å²) in [6, 6.07) is 5.59. The Kier molecular flexibility index (Phi) is 3.22. The molecule has 0 bridgehead atoms. The van der Waals surface area contributed by atoms with Gasteiger partial charge >= 0.3 is 0 Å². The van der Waals surface area contributed by atoms with Crippen LogP contribution in [0.3, 0.4) is 0 Å². The number of nitrogens with one attached hydrogen (secondary N) is 1. The van der Waals surface area contributed by atoms with Crippen LogP contribution in [0.5, 0.6) is 5.75 Å². The molecular formula is C13H18N2O2. The zero-order valence-electron chi connectivity index (χ0n) is 10.5. The maximum atomic E-state index is 11.7. The summed E-state index contributed by atoms with van der Waals surface area (Å²) < 4.78 is 5.73. The smallest absolute Gasteiger partial charge is 0.253 e. The molecule has 0 heterocycles. The molecule has 0 spiro atoms. The molecule has 1 fully saturated rings. The Morgan fingerprint density at radius 2 is 2.12 bits per heavy atom. The zero-order chi connectivity index (χ0) is 12.4. The second kappa shape index (κ2) is 4.65. The fourth-order valence-electron chi connectivity index (χ4n) is 1.66. The maximum Gasteiger partial charge on any atom is 0.253 e. The van der Waals surface area contributed by atoms with E-state index in [0.717, 1.165) is 24.3 Å².